The number of esters is 1. The van der Waals surface area contributed by atoms with Crippen LogP contribution in [0.3, 0.4) is 0 Å². The van der Waals surface area contributed by atoms with Crippen molar-refractivity contribution < 1.29 is 28.7 Å². The number of nitrogens with one attached hydrogen (secondary N) is 2. The first-order valence-electron chi connectivity index (χ1n) is 9.78. The molecule has 9 heteroatoms. The van der Waals surface area contributed by atoms with Gasteiger partial charge in [0.25, 0.3) is 11.8 Å². The minimum Gasteiger partial charge on any atom is -0.497 e. The first-order valence-corrected chi connectivity index (χ1v) is 9.78. The van der Waals surface area contributed by atoms with E-state index in [0.29, 0.717) is 29.5 Å². The molecule has 1 saturated carbocycles. The van der Waals surface area contributed by atoms with Crippen molar-refractivity contribution in [2.45, 2.75) is 38.1 Å². The van der Waals surface area contributed by atoms with Gasteiger partial charge in [-0.3, -0.25) is 15.0 Å². The van der Waals surface area contributed by atoms with Crippen LogP contribution in [-0.4, -0.2) is 48.1 Å². The Bertz CT molecular complexity index is 873. The highest BCUT2D eigenvalue weighted by atomic mass is 16.5. The molecule has 0 bridgehead atoms. The molecule has 1 heterocycles. The number of amides is 4. The second-order valence-electron chi connectivity index (χ2n) is 7.59. The molecule has 1 aliphatic carbocycles. The molecule has 1 spiro atoms. The van der Waals surface area contributed by atoms with E-state index in [9.17, 15) is 19.2 Å². The highest BCUT2D eigenvalue weighted by Crippen LogP contribution is 2.35. The zero-order valence-corrected chi connectivity index (χ0v) is 17.0. The number of ether oxygens (including phenoxy) is 2. The third-order valence-electron chi connectivity index (χ3n) is 5.38. The molecule has 0 aromatic heterocycles. The van der Waals surface area contributed by atoms with Crippen LogP contribution in [0.1, 0.15) is 38.2 Å². The fourth-order valence-corrected chi connectivity index (χ4v) is 3.57. The molecule has 3 rings (SSSR count). The molecule has 1 aromatic rings. The Hall–Kier alpha value is -3.36. The van der Waals surface area contributed by atoms with Crippen molar-refractivity contribution in [2.24, 2.45) is 5.92 Å². The zero-order valence-electron chi connectivity index (χ0n) is 17.0. The molecular weight excluding hydrogens is 390 g/mol. The highest BCUT2D eigenvalue weighted by molar-refractivity contribution is 6.08. The number of methoxy groups -OCH3 is 1. The lowest BCUT2D eigenvalue weighted by Gasteiger charge is -2.33. The highest BCUT2D eigenvalue weighted by Gasteiger charge is 2.52. The van der Waals surface area contributed by atoms with Crippen LogP contribution in [0, 0.1) is 5.92 Å². The summed E-state index contributed by atoms with van der Waals surface area (Å²) in [5.74, 6) is -0.847. The molecule has 1 aliphatic heterocycles. The molecule has 0 radical (unpaired) electrons. The van der Waals surface area contributed by atoms with E-state index in [0.717, 1.165) is 18.4 Å². The Balaban J connectivity index is 1.49. The summed E-state index contributed by atoms with van der Waals surface area (Å²) in [6.45, 7) is 1.48. The number of carbonyl (C=O) groups excluding carboxylic acids is 4. The van der Waals surface area contributed by atoms with Crippen LogP contribution < -0.4 is 15.5 Å². The van der Waals surface area contributed by atoms with Crippen LogP contribution in [0.25, 0.3) is 6.08 Å². The van der Waals surface area contributed by atoms with Crippen LogP contribution in [-0.2, 0) is 19.1 Å². The quantitative estimate of drug-likeness (QED) is 0.416. The van der Waals surface area contributed by atoms with Crippen molar-refractivity contribution in [3.8, 4) is 5.75 Å². The van der Waals surface area contributed by atoms with E-state index in [4.69, 9.17) is 9.47 Å². The van der Waals surface area contributed by atoms with Crippen LogP contribution >= 0.6 is 0 Å². The second kappa shape index (κ2) is 8.98. The molecule has 0 unspecified atom stereocenters. The average Bonchev–Trinajstić information content (AvgIpc) is 2.97. The van der Waals surface area contributed by atoms with E-state index in [1.165, 1.54) is 19.3 Å². The third kappa shape index (κ3) is 4.79. The maximum atomic E-state index is 12.7. The summed E-state index contributed by atoms with van der Waals surface area (Å²) in [5, 5.41) is 3.38. The van der Waals surface area contributed by atoms with Crippen molar-refractivity contribution in [3.63, 3.8) is 0 Å². The molecule has 160 valence electrons. The lowest BCUT2D eigenvalue weighted by atomic mass is 9.77. The second-order valence-corrected chi connectivity index (χ2v) is 7.59. The Morgan fingerprint density at radius 1 is 1.30 bits per heavy atom. The van der Waals surface area contributed by atoms with Gasteiger partial charge in [-0.2, -0.15) is 5.01 Å². The third-order valence-corrected chi connectivity index (χ3v) is 5.38. The number of hydrazine groups is 1. The van der Waals surface area contributed by atoms with Crippen LogP contribution in [0.5, 0.6) is 5.75 Å². The molecule has 2 N–H and O–H groups in total. The monoisotopic (exact) mass is 415 g/mol. The molecule has 1 aromatic carbocycles. The maximum Gasteiger partial charge on any atom is 0.344 e. The van der Waals surface area contributed by atoms with Gasteiger partial charge in [0, 0.05) is 6.08 Å². The van der Waals surface area contributed by atoms with Crippen molar-refractivity contribution in [1.29, 1.82) is 0 Å². The number of nitrogens with zero attached hydrogens (tertiary/aromatic N) is 1. The van der Waals surface area contributed by atoms with Crippen molar-refractivity contribution in [2.75, 3.05) is 13.7 Å². The topological polar surface area (TPSA) is 114 Å². The predicted octanol–water partition coefficient (Wildman–Crippen LogP) is 1.78. The molecule has 0 atom stereocenters. The van der Waals surface area contributed by atoms with Crippen molar-refractivity contribution in [1.82, 2.24) is 15.8 Å². The van der Waals surface area contributed by atoms with Gasteiger partial charge in [0.2, 0.25) is 0 Å². The van der Waals surface area contributed by atoms with E-state index in [1.807, 2.05) is 0 Å². The lowest BCUT2D eigenvalue weighted by Crippen LogP contribution is -2.52. The summed E-state index contributed by atoms with van der Waals surface area (Å²) in [6, 6.07) is 6.38. The number of imide groups is 1. The van der Waals surface area contributed by atoms with Gasteiger partial charge in [-0.25, -0.2) is 9.59 Å². The normalized spacial score (nSPS) is 23.5. The Morgan fingerprint density at radius 3 is 2.73 bits per heavy atom. The summed E-state index contributed by atoms with van der Waals surface area (Å²) in [7, 11) is 1.54. The van der Waals surface area contributed by atoms with E-state index in [1.54, 1.807) is 24.3 Å². The standard InChI is InChI=1S/C21H25N3O6/c1-14-8-10-21(11-9-14)19(27)24(20(28)22-21)23-17(25)13-30-18(26)7-6-15-4-3-5-16(12-15)29-2/h3-7,12,14H,8-11,13H2,1-2H3,(H,22,28)(H,23,25)/b7-6+. The Labute approximate surface area is 174 Å². The minimum atomic E-state index is -0.951. The van der Waals surface area contributed by atoms with Gasteiger partial charge in [-0.1, -0.05) is 19.1 Å². The van der Waals surface area contributed by atoms with Crippen LogP contribution in [0.15, 0.2) is 30.3 Å². The lowest BCUT2D eigenvalue weighted by molar-refractivity contribution is -0.147. The summed E-state index contributed by atoms with van der Waals surface area (Å²) in [6.07, 6.45) is 5.42. The van der Waals surface area contributed by atoms with Gasteiger partial charge >= 0.3 is 12.0 Å². The van der Waals surface area contributed by atoms with Gasteiger partial charge in [0.05, 0.1) is 7.11 Å². The van der Waals surface area contributed by atoms with Gasteiger partial charge in [0.15, 0.2) is 6.61 Å². The largest absolute Gasteiger partial charge is 0.497 e. The van der Waals surface area contributed by atoms with Gasteiger partial charge in [-0.15, -0.1) is 0 Å². The predicted molar refractivity (Wildman–Crippen MR) is 107 cm³/mol. The van der Waals surface area contributed by atoms with Gasteiger partial charge in [-0.05, 0) is 55.4 Å². The summed E-state index contributed by atoms with van der Waals surface area (Å²) < 4.78 is 9.98. The molecular formula is C21H25N3O6. The van der Waals surface area contributed by atoms with E-state index in [-0.39, 0.29) is 0 Å². The van der Waals surface area contributed by atoms with Crippen LogP contribution in [0.2, 0.25) is 0 Å². The van der Waals surface area contributed by atoms with E-state index < -0.39 is 36.0 Å². The number of hydrogen-bond acceptors (Lipinski definition) is 6. The molecule has 2 aliphatic rings. The Kier molecular flexibility index (Phi) is 6.39. The fourth-order valence-electron chi connectivity index (χ4n) is 3.57. The van der Waals surface area contributed by atoms with Gasteiger partial charge in [0.1, 0.15) is 11.3 Å². The molecule has 1 saturated heterocycles. The smallest absolute Gasteiger partial charge is 0.344 e. The van der Waals surface area contributed by atoms with Gasteiger partial charge < -0.3 is 14.8 Å². The maximum absolute atomic E-state index is 12.7. The summed E-state index contributed by atoms with van der Waals surface area (Å²) in [4.78, 5) is 48.8. The first kappa shape index (κ1) is 21.4. The SMILES string of the molecule is COc1cccc(/C=C/C(=O)OCC(=O)NN2C(=O)NC3(CCC(C)CC3)C2=O)c1. The minimum absolute atomic E-state index is 0.475. The number of hydrogen-bond donors (Lipinski definition) is 2. The number of benzene rings is 1. The molecule has 4 amide bonds. The molecule has 2 fully saturated rings. The average molecular weight is 415 g/mol. The zero-order chi connectivity index (χ0) is 21.7. The fraction of sp³-hybridized carbons (Fsp3) is 0.429. The summed E-state index contributed by atoms with van der Waals surface area (Å²) >= 11 is 0. The van der Waals surface area contributed by atoms with E-state index >= 15 is 0 Å². The van der Waals surface area contributed by atoms with Crippen molar-refractivity contribution >= 4 is 29.9 Å². The number of urea groups is 1. The number of carbonyl (C=O) groups is 4. The molecule has 30 heavy (non-hydrogen) atoms. The van der Waals surface area contributed by atoms with Crippen LogP contribution in [0.4, 0.5) is 4.79 Å². The number of rotatable bonds is 6. The van der Waals surface area contributed by atoms with E-state index in [2.05, 4.69) is 17.7 Å². The first-order chi connectivity index (χ1) is 14.3. The summed E-state index contributed by atoms with van der Waals surface area (Å²) in [5.41, 5.74) is 1.99. The molecule has 9 nitrogen and oxygen atoms in total. The Morgan fingerprint density at radius 2 is 2.03 bits per heavy atom. The van der Waals surface area contributed by atoms with Crippen molar-refractivity contribution in [3.05, 3.63) is 35.9 Å².